The van der Waals surface area contributed by atoms with Crippen LogP contribution >= 0.6 is 0 Å². The van der Waals surface area contributed by atoms with Crippen LogP contribution in [-0.4, -0.2) is 49.5 Å². The zero-order valence-electron chi connectivity index (χ0n) is 33.1. The van der Waals surface area contributed by atoms with Crippen LogP contribution in [0.25, 0.3) is 50.5 Å². The molecule has 7 rings (SSSR count). The van der Waals surface area contributed by atoms with E-state index in [0.29, 0.717) is 24.1 Å². The molecule has 0 bridgehead atoms. The number of aryl methyl sites for hydroxylation is 4. The van der Waals surface area contributed by atoms with E-state index in [1.165, 1.54) is 0 Å². The van der Waals surface area contributed by atoms with E-state index >= 15 is 0 Å². The van der Waals surface area contributed by atoms with Crippen molar-refractivity contribution in [1.82, 2.24) is 18.7 Å². The highest BCUT2D eigenvalue weighted by Gasteiger charge is 2.20. The highest BCUT2D eigenvalue weighted by molar-refractivity contribution is 5.95. The fraction of sp³-hybridized carbons (Fsp3) is 0.170. The number of aromatic nitrogens is 4. The van der Waals surface area contributed by atoms with Gasteiger partial charge in [-0.2, -0.15) is 0 Å². The van der Waals surface area contributed by atoms with Gasteiger partial charge in [0.25, 0.3) is 0 Å². The molecule has 4 N–H and O–H groups in total. The van der Waals surface area contributed by atoms with Gasteiger partial charge in [-0.15, -0.1) is 0 Å². The fourth-order valence-corrected chi connectivity index (χ4v) is 7.38. The van der Waals surface area contributed by atoms with Gasteiger partial charge in [0.05, 0.1) is 31.2 Å². The van der Waals surface area contributed by atoms with Crippen LogP contribution in [0.1, 0.15) is 51.1 Å². The van der Waals surface area contributed by atoms with Crippen molar-refractivity contribution >= 4 is 23.8 Å². The molecule has 0 aliphatic heterocycles. The number of primary amides is 2. The van der Waals surface area contributed by atoms with Gasteiger partial charge in [0.1, 0.15) is 5.75 Å². The molecule has 0 unspecified atom stereocenters. The van der Waals surface area contributed by atoms with Gasteiger partial charge in [0.15, 0.2) is 0 Å². The van der Waals surface area contributed by atoms with Crippen molar-refractivity contribution in [3.63, 3.8) is 0 Å². The normalized spacial score (nSPS) is 11.0. The summed E-state index contributed by atoms with van der Waals surface area (Å²) >= 11 is 0. The molecule has 298 valence electrons. The summed E-state index contributed by atoms with van der Waals surface area (Å²) in [6.07, 6.45) is 9.60. The van der Waals surface area contributed by atoms with Crippen LogP contribution in [0.2, 0.25) is 0 Å². The van der Waals surface area contributed by atoms with Gasteiger partial charge in [-0.05, 0) is 103 Å². The molecule has 0 atom stereocenters. The number of imidazole rings is 1. The van der Waals surface area contributed by atoms with E-state index in [9.17, 15) is 19.2 Å². The Labute approximate surface area is 341 Å². The number of hydrogen-bond donors (Lipinski definition) is 2. The highest BCUT2D eigenvalue weighted by Crippen LogP contribution is 2.38. The van der Waals surface area contributed by atoms with E-state index in [2.05, 4.69) is 9.55 Å². The van der Waals surface area contributed by atoms with Gasteiger partial charge in [0.2, 0.25) is 11.8 Å². The summed E-state index contributed by atoms with van der Waals surface area (Å²) in [4.78, 5) is 54.1. The number of esters is 2. The number of nitrogens with zero attached hydrogens (tertiary/aromatic N) is 4. The van der Waals surface area contributed by atoms with Crippen LogP contribution in [0.4, 0.5) is 0 Å². The van der Waals surface area contributed by atoms with Gasteiger partial charge >= 0.3 is 11.9 Å². The van der Waals surface area contributed by atoms with Gasteiger partial charge in [-0.3, -0.25) is 19.2 Å². The Morgan fingerprint density at radius 2 is 1.14 bits per heavy atom. The second-order valence-corrected chi connectivity index (χ2v) is 14.3. The highest BCUT2D eigenvalue weighted by atomic mass is 16.6. The summed E-state index contributed by atoms with van der Waals surface area (Å²) in [5.74, 6) is -1.52. The Morgan fingerprint density at radius 3 is 1.63 bits per heavy atom. The first-order chi connectivity index (χ1) is 28.5. The second kappa shape index (κ2) is 17.3. The number of rotatable bonds is 15. The molecule has 0 aliphatic rings. The van der Waals surface area contributed by atoms with Crippen molar-refractivity contribution in [3.05, 3.63) is 150 Å². The van der Waals surface area contributed by atoms with Gasteiger partial charge in [0, 0.05) is 83.4 Å². The third kappa shape index (κ3) is 8.76. The van der Waals surface area contributed by atoms with Gasteiger partial charge < -0.3 is 34.6 Å². The van der Waals surface area contributed by atoms with E-state index in [4.69, 9.17) is 20.9 Å². The van der Waals surface area contributed by atoms with E-state index in [0.717, 1.165) is 67.3 Å². The molecule has 12 nitrogen and oxygen atoms in total. The molecule has 12 heteroatoms. The molecule has 0 fully saturated rings. The molecular formula is C47H44N6O6. The molecule has 3 heterocycles. The van der Waals surface area contributed by atoms with Gasteiger partial charge in [-0.25, -0.2) is 4.98 Å². The van der Waals surface area contributed by atoms with Crippen LogP contribution < -0.4 is 16.2 Å². The molecule has 59 heavy (non-hydrogen) atoms. The summed E-state index contributed by atoms with van der Waals surface area (Å²) < 4.78 is 16.6. The number of carbonyl (C=O) groups is 4. The Morgan fingerprint density at radius 1 is 0.610 bits per heavy atom. The lowest BCUT2D eigenvalue weighted by molar-refractivity contribution is -0.159. The largest absolute Gasteiger partial charge is 0.497 e. The fourth-order valence-electron chi connectivity index (χ4n) is 7.38. The molecule has 3 aromatic heterocycles. The maximum Gasteiger partial charge on any atom is 0.315 e. The molecule has 2 amide bonds. The van der Waals surface area contributed by atoms with Crippen LogP contribution in [0, 0.1) is 13.8 Å². The van der Waals surface area contributed by atoms with E-state index in [1.807, 2.05) is 114 Å². The van der Waals surface area contributed by atoms with Crippen LogP contribution in [-0.2, 0) is 27.4 Å². The number of methoxy groups -OCH3 is 1. The third-order valence-electron chi connectivity index (χ3n) is 10.4. The van der Waals surface area contributed by atoms with E-state index in [-0.39, 0.29) is 19.4 Å². The molecule has 0 radical (unpaired) electrons. The predicted molar refractivity (Wildman–Crippen MR) is 226 cm³/mol. The first kappa shape index (κ1) is 39.8. The van der Waals surface area contributed by atoms with Crippen LogP contribution in [0.15, 0.2) is 128 Å². The SMILES string of the molecule is COc1ccc(-c2ccn(CCCC(=O)OC(=O)CCn3ccc(-c4ccc(-n5ccnc5)cc4)c3-c3ccc(C(N)=O)cc3C)c2-c2ccc(C(N)=O)cc2C)cc1. The minimum Gasteiger partial charge on any atom is -0.497 e. The molecule has 0 saturated heterocycles. The van der Waals surface area contributed by atoms with Crippen LogP contribution in [0.3, 0.4) is 0 Å². The Bertz CT molecular complexity index is 2650. The monoisotopic (exact) mass is 788 g/mol. The number of ether oxygens (including phenoxy) is 2. The smallest absolute Gasteiger partial charge is 0.315 e. The average molecular weight is 789 g/mol. The number of carbonyl (C=O) groups excluding carboxylic acids is 4. The number of amides is 2. The summed E-state index contributed by atoms with van der Waals surface area (Å²) in [5.41, 5.74) is 22.0. The van der Waals surface area contributed by atoms with E-state index in [1.54, 1.807) is 43.9 Å². The quantitative estimate of drug-likeness (QED) is 0.0787. The first-order valence-corrected chi connectivity index (χ1v) is 19.2. The Kier molecular flexibility index (Phi) is 11.7. The van der Waals surface area contributed by atoms with E-state index < -0.39 is 23.8 Å². The van der Waals surface area contributed by atoms with Crippen LogP contribution in [0.5, 0.6) is 5.75 Å². The van der Waals surface area contributed by atoms with Crippen molar-refractivity contribution in [2.75, 3.05) is 7.11 Å². The predicted octanol–water partition coefficient (Wildman–Crippen LogP) is 7.91. The zero-order chi connectivity index (χ0) is 41.6. The summed E-state index contributed by atoms with van der Waals surface area (Å²) in [6.45, 7) is 4.56. The summed E-state index contributed by atoms with van der Waals surface area (Å²) in [6, 6.07) is 30.5. The van der Waals surface area contributed by atoms with Crippen molar-refractivity contribution in [1.29, 1.82) is 0 Å². The summed E-state index contributed by atoms with van der Waals surface area (Å²) in [5, 5.41) is 0. The minimum absolute atomic E-state index is 0.0280. The second-order valence-electron chi connectivity index (χ2n) is 14.3. The Balaban J connectivity index is 1.04. The standard InChI is InChI=1S/C47H44N6O6/c1-30-27-34(46(48)56)10-16-38(30)44-41(33-8-14-37(58-3)15-9-33)18-23-51(44)22-4-5-42(54)59-43(55)20-25-52-24-19-40(32-6-12-36(13-7-32)53-26-21-50-29-53)45(52)39-17-11-35(47(49)57)28-31(39)2/h6-19,21,23-24,26-29H,4-5,20,22,25H2,1-3H3,(H2,48,56)(H2,49,57). The lowest BCUT2D eigenvalue weighted by Crippen LogP contribution is -2.15. The maximum atomic E-state index is 13.1. The van der Waals surface area contributed by atoms with Crippen molar-refractivity contribution in [2.45, 2.75) is 46.2 Å². The topological polar surface area (TPSA) is 166 Å². The lowest BCUT2D eigenvalue weighted by atomic mass is 9.96. The minimum atomic E-state index is -0.629. The molecule has 0 saturated carbocycles. The molecule has 0 spiro atoms. The number of benzene rings is 4. The molecule has 0 aliphatic carbocycles. The number of hydrogen-bond acceptors (Lipinski definition) is 7. The maximum absolute atomic E-state index is 13.1. The number of nitrogens with two attached hydrogens (primary N) is 2. The summed E-state index contributed by atoms with van der Waals surface area (Å²) in [7, 11) is 1.62. The molecular weight excluding hydrogens is 745 g/mol. The molecule has 7 aromatic rings. The Hall–Kier alpha value is -7.47. The van der Waals surface area contributed by atoms with Crippen molar-refractivity contribution in [3.8, 4) is 56.2 Å². The van der Waals surface area contributed by atoms with Crippen molar-refractivity contribution in [2.24, 2.45) is 11.5 Å². The zero-order valence-corrected chi connectivity index (χ0v) is 33.1. The third-order valence-corrected chi connectivity index (χ3v) is 10.4. The lowest BCUT2D eigenvalue weighted by Gasteiger charge is -2.16. The first-order valence-electron chi connectivity index (χ1n) is 19.2. The van der Waals surface area contributed by atoms with Crippen molar-refractivity contribution < 1.29 is 28.7 Å². The average Bonchev–Trinajstić information content (AvgIpc) is 4.01. The molecule has 4 aromatic carbocycles. The van der Waals surface area contributed by atoms with Gasteiger partial charge in [-0.1, -0.05) is 36.4 Å².